The zero-order chi connectivity index (χ0) is 23.3. The van der Waals surface area contributed by atoms with Crippen LogP contribution in [0, 0.1) is 28.6 Å². The number of para-hydroxylation sites is 1. The van der Waals surface area contributed by atoms with Crippen LogP contribution in [0.5, 0.6) is 0 Å². The predicted molar refractivity (Wildman–Crippen MR) is 130 cm³/mol. The fourth-order valence-corrected chi connectivity index (χ4v) is 9.65. The molecule has 0 saturated heterocycles. The second-order valence-electron chi connectivity index (χ2n) is 11.5. The summed E-state index contributed by atoms with van der Waals surface area (Å²) in [6.45, 7) is 10.8. The van der Waals surface area contributed by atoms with Crippen molar-refractivity contribution >= 4 is 27.9 Å². The second kappa shape index (κ2) is 6.77. The van der Waals surface area contributed by atoms with Crippen LogP contribution in [0.1, 0.15) is 50.6 Å². The van der Waals surface area contributed by atoms with Gasteiger partial charge in [0.15, 0.2) is 10.9 Å². The number of thiazole rings is 1. The standard InChI is InChI=1S/C27H32N2O3S/c1-14-16-10-11-18-26(4)13-17-21(29-24(33-17)28-15-8-6-5-7-9-15)25(2,3)19(26)12-20(30)27(18,22(14)31)23(16)32/h5-9,16,18-20,23,30,32H,1,10-13H2,2-4H3,(H,28,29). The van der Waals surface area contributed by atoms with Crippen LogP contribution in [0.2, 0.25) is 0 Å². The topological polar surface area (TPSA) is 82.5 Å². The minimum absolute atomic E-state index is 0.0724. The molecule has 6 heteroatoms. The summed E-state index contributed by atoms with van der Waals surface area (Å²) in [7, 11) is 0. The normalized spacial score (nSPS) is 40.7. The molecular formula is C27H32N2O3S. The molecule has 3 fully saturated rings. The number of rotatable bonds is 2. The minimum Gasteiger partial charge on any atom is -0.392 e. The number of aliphatic hydroxyl groups excluding tert-OH is 2. The first-order valence-corrected chi connectivity index (χ1v) is 12.9. The molecule has 1 spiro atoms. The van der Waals surface area contributed by atoms with Crippen LogP contribution in [0.3, 0.4) is 0 Å². The molecule has 0 amide bonds. The van der Waals surface area contributed by atoms with Crippen molar-refractivity contribution in [3.63, 3.8) is 0 Å². The third-order valence-electron chi connectivity index (χ3n) is 9.69. The number of carbonyl (C=O) groups excluding carboxylic acids is 1. The van der Waals surface area contributed by atoms with Crippen LogP contribution in [-0.2, 0) is 16.6 Å². The van der Waals surface area contributed by atoms with Crippen molar-refractivity contribution in [2.75, 3.05) is 5.32 Å². The average Bonchev–Trinajstić information content (AvgIpc) is 3.21. The van der Waals surface area contributed by atoms with E-state index in [0.717, 1.165) is 35.8 Å². The van der Waals surface area contributed by atoms with Gasteiger partial charge in [-0.25, -0.2) is 4.98 Å². The number of ketones is 1. The Balaban J connectivity index is 1.45. The van der Waals surface area contributed by atoms with Gasteiger partial charge in [0.05, 0.1) is 23.3 Å². The van der Waals surface area contributed by atoms with Gasteiger partial charge >= 0.3 is 0 Å². The van der Waals surface area contributed by atoms with Crippen molar-refractivity contribution in [3.05, 3.63) is 53.1 Å². The van der Waals surface area contributed by atoms with Crippen molar-refractivity contribution in [1.29, 1.82) is 0 Å². The van der Waals surface area contributed by atoms with E-state index in [1.165, 1.54) is 4.88 Å². The van der Waals surface area contributed by atoms with Crippen LogP contribution in [-0.4, -0.2) is 33.2 Å². The zero-order valence-corrected chi connectivity index (χ0v) is 20.3. The van der Waals surface area contributed by atoms with Gasteiger partial charge in [-0.15, -0.1) is 11.3 Å². The lowest BCUT2D eigenvalue weighted by molar-refractivity contribution is -0.212. The van der Waals surface area contributed by atoms with Crippen LogP contribution in [0.25, 0.3) is 0 Å². The maximum Gasteiger partial charge on any atom is 0.187 e. The molecule has 6 rings (SSSR count). The van der Waals surface area contributed by atoms with E-state index >= 15 is 0 Å². The molecule has 1 aromatic heterocycles. The second-order valence-corrected chi connectivity index (χ2v) is 12.5. The first-order valence-electron chi connectivity index (χ1n) is 12.0. The molecule has 2 bridgehead atoms. The van der Waals surface area contributed by atoms with E-state index < -0.39 is 17.6 Å². The van der Waals surface area contributed by atoms with Crippen molar-refractivity contribution in [3.8, 4) is 0 Å². The summed E-state index contributed by atoms with van der Waals surface area (Å²) in [4.78, 5) is 19.8. The number of aromatic nitrogens is 1. The Bertz CT molecular complexity index is 1160. The number of benzene rings is 1. The maximum absolute atomic E-state index is 13.6. The Morgan fingerprint density at radius 1 is 1.12 bits per heavy atom. The lowest BCUT2D eigenvalue weighted by Crippen LogP contribution is -2.68. The molecule has 0 radical (unpaired) electrons. The monoisotopic (exact) mass is 464 g/mol. The number of nitrogens with zero attached hydrogens (tertiary/aromatic N) is 1. The molecule has 3 saturated carbocycles. The number of fused-ring (bicyclic) bond motifs is 4. The summed E-state index contributed by atoms with van der Waals surface area (Å²) >= 11 is 1.70. The Kier molecular flexibility index (Phi) is 4.41. The number of carbonyl (C=O) groups is 1. The number of hydrogen-bond acceptors (Lipinski definition) is 6. The summed E-state index contributed by atoms with van der Waals surface area (Å²) in [5, 5.41) is 27.2. The molecule has 3 N–H and O–H groups in total. The molecule has 7 unspecified atom stereocenters. The zero-order valence-electron chi connectivity index (χ0n) is 19.5. The molecule has 2 aromatic rings. The van der Waals surface area contributed by atoms with Crippen molar-refractivity contribution in [2.45, 2.75) is 64.1 Å². The van der Waals surface area contributed by atoms with Gasteiger partial charge in [-0.3, -0.25) is 4.79 Å². The first kappa shape index (κ1) is 21.5. The van der Waals surface area contributed by atoms with Crippen molar-refractivity contribution < 1.29 is 15.0 Å². The lowest BCUT2D eigenvalue weighted by atomic mass is 9.40. The maximum atomic E-state index is 13.6. The Hall–Kier alpha value is -2.02. The quantitative estimate of drug-likeness (QED) is 0.565. The number of nitrogens with one attached hydrogen (secondary N) is 1. The van der Waals surface area contributed by atoms with E-state index in [-0.39, 0.29) is 34.4 Å². The van der Waals surface area contributed by atoms with E-state index in [0.29, 0.717) is 12.0 Å². The Labute approximate surface area is 199 Å². The summed E-state index contributed by atoms with van der Waals surface area (Å²) in [6.07, 6.45) is 1.25. The van der Waals surface area contributed by atoms with Crippen LogP contribution >= 0.6 is 11.3 Å². The molecule has 0 aliphatic heterocycles. The third-order valence-corrected chi connectivity index (χ3v) is 10.7. The van der Waals surface area contributed by atoms with E-state index in [1.54, 1.807) is 11.3 Å². The van der Waals surface area contributed by atoms with Gasteiger partial charge < -0.3 is 15.5 Å². The van der Waals surface area contributed by atoms with Crippen molar-refractivity contribution in [2.24, 2.45) is 28.6 Å². The van der Waals surface area contributed by atoms with Gasteiger partial charge in [-0.1, -0.05) is 45.5 Å². The molecular weight excluding hydrogens is 432 g/mol. The van der Waals surface area contributed by atoms with Gasteiger partial charge in [0, 0.05) is 21.9 Å². The van der Waals surface area contributed by atoms with Gasteiger partial charge in [-0.2, -0.15) is 0 Å². The SMILES string of the molecule is C=C1C(=O)C23C(O)CC4C(C)(C)c5nc(Nc6ccccc6)sc5CC4(C)C2CCC1C3O. The van der Waals surface area contributed by atoms with Gasteiger partial charge in [0.25, 0.3) is 0 Å². The first-order chi connectivity index (χ1) is 15.6. The largest absolute Gasteiger partial charge is 0.392 e. The molecule has 4 aliphatic rings. The number of anilines is 2. The summed E-state index contributed by atoms with van der Waals surface area (Å²) < 4.78 is 0. The Morgan fingerprint density at radius 3 is 2.58 bits per heavy atom. The van der Waals surface area contributed by atoms with E-state index in [2.05, 4.69) is 32.7 Å². The molecule has 1 heterocycles. The highest BCUT2D eigenvalue weighted by atomic mass is 32.1. The van der Waals surface area contributed by atoms with Crippen LogP contribution in [0.4, 0.5) is 10.8 Å². The van der Waals surface area contributed by atoms with E-state index in [1.807, 2.05) is 30.3 Å². The number of hydrogen-bond donors (Lipinski definition) is 3. The summed E-state index contributed by atoms with van der Waals surface area (Å²) in [6, 6.07) is 10.1. The predicted octanol–water partition coefficient (Wildman–Crippen LogP) is 4.62. The molecule has 1 aromatic carbocycles. The van der Waals surface area contributed by atoms with Gasteiger partial charge in [0.1, 0.15) is 0 Å². The highest BCUT2D eigenvalue weighted by Crippen LogP contribution is 2.70. The average molecular weight is 465 g/mol. The molecule has 174 valence electrons. The van der Waals surface area contributed by atoms with Gasteiger partial charge in [-0.05, 0) is 60.6 Å². The summed E-state index contributed by atoms with van der Waals surface area (Å²) in [5.74, 6) is -0.202. The molecule has 4 aliphatic carbocycles. The molecule has 7 atom stereocenters. The van der Waals surface area contributed by atoms with Crippen LogP contribution in [0.15, 0.2) is 42.5 Å². The highest BCUT2D eigenvalue weighted by molar-refractivity contribution is 7.15. The van der Waals surface area contributed by atoms with E-state index in [4.69, 9.17) is 4.98 Å². The highest BCUT2D eigenvalue weighted by Gasteiger charge is 2.74. The number of Topliss-reactive ketones (excluding diaryl/α,β-unsaturated/α-hetero) is 1. The lowest BCUT2D eigenvalue weighted by Gasteiger charge is -2.64. The van der Waals surface area contributed by atoms with E-state index in [9.17, 15) is 15.0 Å². The molecule has 5 nitrogen and oxygen atoms in total. The fourth-order valence-electron chi connectivity index (χ4n) is 8.32. The number of aliphatic hydroxyl groups is 2. The minimum atomic E-state index is -1.10. The third kappa shape index (κ3) is 2.55. The summed E-state index contributed by atoms with van der Waals surface area (Å²) in [5.41, 5.74) is 1.07. The van der Waals surface area contributed by atoms with Gasteiger partial charge in [0.2, 0.25) is 0 Å². The Morgan fingerprint density at radius 2 is 1.85 bits per heavy atom. The van der Waals surface area contributed by atoms with Crippen molar-refractivity contribution in [1.82, 2.24) is 4.98 Å². The smallest absolute Gasteiger partial charge is 0.187 e. The fraction of sp³-hybridized carbons (Fsp3) is 0.556. The van der Waals surface area contributed by atoms with Crippen LogP contribution < -0.4 is 5.32 Å². The molecule has 33 heavy (non-hydrogen) atoms.